The third-order valence-corrected chi connectivity index (χ3v) is 10.6. The molecule has 3 aliphatic heterocycles. The molecule has 2 bridgehead atoms. The molecule has 1 unspecified atom stereocenters. The van der Waals surface area contributed by atoms with E-state index in [4.69, 9.17) is 9.47 Å². The van der Waals surface area contributed by atoms with Crippen LogP contribution in [0, 0.1) is 11.8 Å². The number of rotatable bonds is 17. The number of ether oxygens (including phenoxy) is 2. The van der Waals surface area contributed by atoms with Crippen LogP contribution in [0.3, 0.4) is 0 Å². The maximum Gasteiger partial charge on any atom is 0.313 e. The number of carbonyl (C=O) groups excluding carboxylic acids is 4. The van der Waals surface area contributed by atoms with E-state index in [9.17, 15) is 24.3 Å². The van der Waals surface area contributed by atoms with Gasteiger partial charge in [0.1, 0.15) is 17.7 Å². The van der Waals surface area contributed by atoms with Gasteiger partial charge in [0.25, 0.3) is 0 Å². The van der Waals surface area contributed by atoms with E-state index in [-0.39, 0.29) is 30.8 Å². The first-order valence-corrected chi connectivity index (χ1v) is 17.9. The molecule has 2 aromatic rings. The molecule has 3 amide bonds. The van der Waals surface area contributed by atoms with Crippen molar-refractivity contribution in [2.24, 2.45) is 11.8 Å². The van der Waals surface area contributed by atoms with Crippen LogP contribution in [0.4, 0.5) is 0 Å². The van der Waals surface area contributed by atoms with Crippen molar-refractivity contribution in [1.29, 1.82) is 0 Å². The number of hydrogen-bond donors (Lipinski definition) is 2. The maximum absolute atomic E-state index is 14.9. The summed E-state index contributed by atoms with van der Waals surface area (Å²) in [6.45, 7) is 13.2. The minimum absolute atomic E-state index is 0.142. The molecule has 5 rings (SSSR count). The number of carbonyl (C=O) groups is 4. The average molecular weight is 686 g/mol. The molecule has 3 saturated heterocycles. The van der Waals surface area contributed by atoms with Gasteiger partial charge in [0, 0.05) is 19.0 Å². The summed E-state index contributed by atoms with van der Waals surface area (Å²) in [5, 5.41) is 13.8. The highest BCUT2D eigenvalue weighted by Crippen LogP contribution is 2.60. The number of allylic oxidation sites excluding steroid dienone is 1. The van der Waals surface area contributed by atoms with E-state index in [0.717, 1.165) is 12.8 Å². The van der Waals surface area contributed by atoms with Crippen LogP contribution < -0.4 is 5.32 Å². The first kappa shape index (κ1) is 37.0. The number of nitrogens with one attached hydrogen (secondary N) is 1. The summed E-state index contributed by atoms with van der Waals surface area (Å²) in [4.78, 5) is 60.1. The van der Waals surface area contributed by atoms with Crippen LogP contribution in [0.25, 0.3) is 0 Å². The molecule has 0 aromatic heterocycles. The predicted octanol–water partition coefficient (Wildman–Crippen LogP) is 5.05. The molecule has 3 aliphatic rings. The number of fused-ring (bicyclic) bond motifs is 1. The summed E-state index contributed by atoms with van der Waals surface area (Å²) in [5.41, 5.74) is 0.0780. The molecule has 1 spiro atoms. The zero-order chi connectivity index (χ0) is 36.0. The molecule has 10 heteroatoms. The minimum atomic E-state index is -1.29. The molecule has 0 radical (unpaired) electrons. The van der Waals surface area contributed by atoms with Gasteiger partial charge in [-0.25, -0.2) is 0 Å². The Morgan fingerprint density at radius 3 is 2.34 bits per heavy atom. The minimum Gasteiger partial charge on any atom is -0.455 e. The second-order valence-corrected chi connectivity index (χ2v) is 13.8. The van der Waals surface area contributed by atoms with E-state index in [1.807, 2.05) is 67.6 Å². The number of esters is 1. The van der Waals surface area contributed by atoms with Crippen LogP contribution in [0.1, 0.15) is 82.6 Å². The summed E-state index contributed by atoms with van der Waals surface area (Å²) in [5.74, 6) is -3.50. The molecular weight excluding hydrogens is 634 g/mol. The Labute approximate surface area is 295 Å². The fourth-order valence-electron chi connectivity index (χ4n) is 8.30. The van der Waals surface area contributed by atoms with Crippen LogP contribution in [0.2, 0.25) is 0 Å². The summed E-state index contributed by atoms with van der Waals surface area (Å²) in [7, 11) is 0. The first-order chi connectivity index (χ1) is 24.1. The average Bonchev–Trinajstić information content (AvgIpc) is 3.77. The summed E-state index contributed by atoms with van der Waals surface area (Å²) >= 11 is 0. The van der Waals surface area contributed by atoms with Crippen molar-refractivity contribution in [3.63, 3.8) is 0 Å². The highest BCUT2D eigenvalue weighted by atomic mass is 16.6. The summed E-state index contributed by atoms with van der Waals surface area (Å²) < 4.78 is 13.0. The molecule has 10 nitrogen and oxygen atoms in total. The number of amides is 3. The summed E-state index contributed by atoms with van der Waals surface area (Å²) in [6.07, 6.45) is 5.10. The van der Waals surface area contributed by atoms with Crippen LogP contribution in [0.15, 0.2) is 86.0 Å². The molecule has 0 saturated carbocycles. The van der Waals surface area contributed by atoms with E-state index < -0.39 is 66.3 Å². The van der Waals surface area contributed by atoms with Crippen LogP contribution in [-0.2, 0) is 28.7 Å². The Bertz CT molecular complexity index is 1530. The summed E-state index contributed by atoms with van der Waals surface area (Å²) in [6, 6.07) is 15.7. The Hall–Kier alpha value is -4.28. The second-order valence-electron chi connectivity index (χ2n) is 13.8. The molecule has 2 N–H and O–H groups in total. The number of nitrogens with zero attached hydrogens (tertiary/aromatic N) is 2. The zero-order valence-corrected chi connectivity index (χ0v) is 29.4. The zero-order valence-electron chi connectivity index (χ0n) is 29.4. The van der Waals surface area contributed by atoms with Crippen molar-refractivity contribution >= 4 is 23.7 Å². The third-order valence-electron chi connectivity index (χ3n) is 10.6. The van der Waals surface area contributed by atoms with E-state index in [1.54, 1.807) is 24.0 Å². The van der Waals surface area contributed by atoms with E-state index in [1.165, 1.54) is 4.90 Å². The topological polar surface area (TPSA) is 125 Å². The highest BCUT2D eigenvalue weighted by molar-refractivity contribution is 5.98. The number of aliphatic hydroxyl groups is 1. The SMILES string of the molecule is C=CCCC(=O)N[C@H](C)[C@@H](OC(=O)[C@@H]1[C@@H]2CC[C@]3(O2)[C@H](C(=O)N(CC=C)C(C)CCC)N([C@H](CO)c2ccccc2)C(=O)[C@@H]13)c1ccccc1. The third kappa shape index (κ3) is 7.01. The molecule has 9 atom stereocenters. The highest BCUT2D eigenvalue weighted by Gasteiger charge is 2.76. The van der Waals surface area contributed by atoms with Crippen molar-refractivity contribution in [1.82, 2.24) is 15.1 Å². The van der Waals surface area contributed by atoms with Crippen molar-refractivity contribution in [2.75, 3.05) is 13.2 Å². The number of likely N-dealkylation sites (tertiary alicyclic amines) is 1. The number of aliphatic hydroxyl groups excluding tert-OH is 1. The molecule has 3 heterocycles. The van der Waals surface area contributed by atoms with Crippen LogP contribution >= 0.6 is 0 Å². The molecular formula is C40H51N3O7. The molecule has 2 aromatic carbocycles. The maximum atomic E-state index is 14.9. The lowest BCUT2D eigenvalue weighted by molar-refractivity contribution is -0.162. The van der Waals surface area contributed by atoms with Crippen molar-refractivity contribution in [3.05, 3.63) is 97.1 Å². The fraction of sp³-hybridized carbons (Fsp3) is 0.500. The van der Waals surface area contributed by atoms with E-state index in [0.29, 0.717) is 30.4 Å². The number of benzene rings is 2. The van der Waals surface area contributed by atoms with Gasteiger partial charge in [0.2, 0.25) is 17.7 Å². The van der Waals surface area contributed by atoms with Gasteiger partial charge in [-0.3, -0.25) is 19.2 Å². The molecule has 50 heavy (non-hydrogen) atoms. The van der Waals surface area contributed by atoms with Gasteiger partial charge in [-0.05, 0) is 50.7 Å². The normalized spacial score (nSPS) is 26.0. The van der Waals surface area contributed by atoms with Gasteiger partial charge in [-0.15, -0.1) is 13.2 Å². The number of hydrogen-bond acceptors (Lipinski definition) is 7. The lowest BCUT2D eigenvalue weighted by Crippen LogP contribution is -2.58. The van der Waals surface area contributed by atoms with Gasteiger partial charge in [0.05, 0.1) is 36.6 Å². The Morgan fingerprint density at radius 1 is 1.08 bits per heavy atom. The van der Waals surface area contributed by atoms with Gasteiger partial charge in [-0.2, -0.15) is 0 Å². The largest absolute Gasteiger partial charge is 0.455 e. The smallest absolute Gasteiger partial charge is 0.313 e. The van der Waals surface area contributed by atoms with E-state index in [2.05, 4.69) is 25.4 Å². The first-order valence-electron chi connectivity index (χ1n) is 17.9. The van der Waals surface area contributed by atoms with E-state index >= 15 is 0 Å². The van der Waals surface area contributed by atoms with Gasteiger partial charge < -0.3 is 29.7 Å². The molecule has 0 aliphatic carbocycles. The second kappa shape index (κ2) is 16.2. The van der Waals surface area contributed by atoms with Crippen LogP contribution in [0.5, 0.6) is 0 Å². The lowest BCUT2D eigenvalue weighted by atomic mass is 9.70. The molecule has 3 fully saturated rings. The lowest BCUT2D eigenvalue weighted by Gasteiger charge is -2.41. The fourth-order valence-corrected chi connectivity index (χ4v) is 8.30. The van der Waals surface area contributed by atoms with Gasteiger partial charge >= 0.3 is 5.97 Å². The van der Waals surface area contributed by atoms with Crippen LogP contribution in [-0.4, -0.2) is 81.6 Å². The Kier molecular flexibility index (Phi) is 12.0. The van der Waals surface area contributed by atoms with Crippen molar-refractivity contribution in [3.8, 4) is 0 Å². The van der Waals surface area contributed by atoms with Crippen molar-refractivity contribution in [2.45, 2.75) is 101 Å². The monoisotopic (exact) mass is 685 g/mol. The van der Waals surface area contributed by atoms with Gasteiger partial charge in [-0.1, -0.05) is 86.2 Å². The molecule has 268 valence electrons. The predicted molar refractivity (Wildman–Crippen MR) is 189 cm³/mol. The quantitative estimate of drug-likeness (QED) is 0.176. The standard InChI is InChI=1S/C40H51N3O7/c1-6-9-21-32(45)41-27(5)35(29-19-14-11-15-20-29)49-39(48)33-31-22-23-40(50-31)34(33)37(46)43(30(25-44)28-17-12-10-13-18-28)36(40)38(47)42(24-8-3)26(4)16-7-2/h6,8,10-15,17-20,26-27,30-31,33-36,44H,1,3,7,9,16,21-25H2,2,4-5H3,(H,41,45)/t26?,27-,30-,31+,33-,34-,35-,36+,40-/m1/s1. The Morgan fingerprint density at radius 2 is 1.74 bits per heavy atom. The van der Waals surface area contributed by atoms with Gasteiger partial charge in [0.15, 0.2) is 0 Å². The Balaban J connectivity index is 1.53. The van der Waals surface area contributed by atoms with Crippen molar-refractivity contribution < 1.29 is 33.8 Å².